The van der Waals surface area contributed by atoms with Crippen LogP contribution in [0.25, 0.3) is 22.7 Å². The van der Waals surface area contributed by atoms with Gasteiger partial charge in [-0.1, -0.05) is 60.7 Å². The molecule has 0 saturated heterocycles. The third kappa shape index (κ3) is 6.69. The maximum absolute atomic E-state index is 13.9. The van der Waals surface area contributed by atoms with Gasteiger partial charge in [-0.15, -0.1) is 0 Å². The Kier molecular flexibility index (Phi) is 9.21. The Hall–Kier alpha value is -4.26. The summed E-state index contributed by atoms with van der Waals surface area (Å²) in [6.45, 7) is 1.98. The van der Waals surface area contributed by atoms with E-state index in [0.717, 1.165) is 85.4 Å². The van der Waals surface area contributed by atoms with Gasteiger partial charge in [-0.2, -0.15) is 0 Å². The maximum atomic E-state index is 13.9. The molecule has 2 aliphatic carbocycles. The minimum Gasteiger partial charge on any atom is -0.489 e. The highest BCUT2D eigenvalue weighted by Gasteiger charge is 2.33. The fourth-order valence-electron chi connectivity index (χ4n) is 7.42. The number of nitrogens with zero attached hydrogens (tertiary/aromatic N) is 2. The summed E-state index contributed by atoms with van der Waals surface area (Å²) < 4.78 is 40.4. The van der Waals surface area contributed by atoms with E-state index >= 15 is 0 Å². The smallest absolute Gasteiger partial charge is 0.131 e. The molecule has 8 rings (SSSR count). The van der Waals surface area contributed by atoms with Gasteiger partial charge >= 0.3 is 0 Å². The molecule has 0 saturated carbocycles. The second-order valence-electron chi connectivity index (χ2n) is 14.0. The molecular formula is C42H44F2N2O2. The van der Waals surface area contributed by atoms with Crippen LogP contribution < -0.4 is 0 Å². The van der Waals surface area contributed by atoms with Gasteiger partial charge in [0.05, 0.1) is 0 Å². The second-order valence-corrected chi connectivity index (χ2v) is 14.0. The van der Waals surface area contributed by atoms with Crippen LogP contribution in [0.15, 0.2) is 84.9 Å². The zero-order chi connectivity index (χ0) is 33.4. The summed E-state index contributed by atoms with van der Waals surface area (Å²) in [5.41, 5.74) is 11.7. The fraction of sp³-hybridized carbons (Fsp3) is 0.333. The summed E-state index contributed by atoms with van der Waals surface area (Å²) in [5, 5.41) is 0. The van der Waals surface area contributed by atoms with E-state index in [-0.39, 0.29) is 23.8 Å². The third-order valence-corrected chi connectivity index (χ3v) is 9.86. The molecule has 2 heterocycles. The lowest BCUT2D eigenvalue weighted by atomic mass is 9.95. The molecule has 2 unspecified atom stereocenters. The molecule has 4 aliphatic rings. The molecule has 0 amide bonds. The quantitative estimate of drug-likeness (QED) is 0.209. The highest BCUT2D eigenvalue weighted by atomic mass is 19.1. The number of hydrogen-bond donors (Lipinski definition) is 0. The van der Waals surface area contributed by atoms with E-state index in [1.165, 1.54) is 33.4 Å². The Morgan fingerprint density at radius 3 is 1.35 bits per heavy atom. The SMILES string of the molecule is CN(C)CCC1CC2=C(O1)c1cc(F)ccc1Cc1ccccc12.CN(C)CCC1CC2=C(O1)c1cc(F)ccc1Cc1ccccc12. The molecule has 248 valence electrons. The van der Waals surface area contributed by atoms with Gasteiger partial charge in [-0.25, -0.2) is 8.78 Å². The Balaban J connectivity index is 0.000000152. The topological polar surface area (TPSA) is 24.9 Å². The zero-order valence-corrected chi connectivity index (χ0v) is 28.4. The number of benzene rings is 4. The molecule has 0 aromatic heterocycles. The number of hydrogen-bond acceptors (Lipinski definition) is 4. The lowest BCUT2D eigenvalue weighted by Gasteiger charge is -2.17. The van der Waals surface area contributed by atoms with E-state index in [9.17, 15) is 8.78 Å². The normalized spacial score (nSPS) is 18.8. The van der Waals surface area contributed by atoms with Gasteiger partial charge in [0, 0.05) is 48.2 Å². The van der Waals surface area contributed by atoms with Crippen LogP contribution in [0.4, 0.5) is 8.78 Å². The van der Waals surface area contributed by atoms with Crippen molar-refractivity contribution in [1.82, 2.24) is 9.80 Å². The van der Waals surface area contributed by atoms with Crippen molar-refractivity contribution in [2.24, 2.45) is 0 Å². The van der Waals surface area contributed by atoms with E-state index in [2.05, 4.69) is 86.5 Å². The Morgan fingerprint density at radius 2 is 0.938 bits per heavy atom. The summed E-state index contributed by atoms with van der Waals surface area (Å²) in [7, 11) is 8.31. The highest BCUT2D eigenvalue weighted by molar-refractivity contribution is 5.94. The molecule has 48 heavy (non-hydrogen) atoms. The first-order valence-electron chi connectivity index (χ1n) is 17.1. The van der Waals surface area contributed by atoms with Crippen LogP contribution in [0.2, 0.25) is 0 Å². The molecular weight excluding hydrogens is 602 g/mol. The van der Waals surface area contributed by atoms with Crippen LogP contribution in [-0.4, -0.2) is 63.3 Å². The molecule has 4 aromatic carbocycles. The van der Waals surface area contributed by atoms with Crippen molar-refractivity contribution >= 4 is 22.7 Å². The van der Waals surface area contributed by atoms with Crippen molar-refractivity contribution in [3.05, 3.63) is 141 Å². The van der Waals surface area contributed by atoms with Crippen LogP contribution in [0.5, 0.6) is 0 Å². The average Bonchev–Trinajstić information content (AvgIpc) is 3.64. The van der Waals surface area contributed by atoms with E-state index in [1.54, 1.807) is 24.3 Å². The predicted molar refractivity (Wildman–Crippen MR) is 190 cm³/mol. The van der Waals surface area contributed by atoms with Gasteiger partial charge in [0.2, 0.25) is 0 Å². The standard InChI is InChI=1S/2C21H22FNO/c2*1-23(2)10-9-17-13-20-18-6-4-3-5-14(18)11-15-7-8-16(22)12-19(15)21(20)24-17/h2*3-8,12,17H,9-11,13H2,1-2H3. The molecule has 0 N–H and O–H groups in total. The van der Waals surface area contributed by atoms with Crippen molar-refractivity contribution in [2.75, 3.05) is 41.3 Å². The summed E-state index contributed by atoms with van der Waals surface area (Å²) in [4.78, 5) is 4.35. The molecule has 0 bridgehead atoms. The molecule has 6 heteroatoms. The summed E-state index contributed by atoms with van der Waals surface area (Å²) in [5.74, 6) is 1.37. The minimum absolute atomic E-state index is 0.166. The number of ether oxygens (including phenoxy) is 2. The van der Waals surface area contributed by atoms with E-state index in [1.807, 2.05) is 12.1 Å². The van der Waals surface area contributed by atoms with Crippen LogP contribution in [0.3, 0.4) is 0 Å². The first-order chi connectivity index (χ1) is 23.2. The second kappa shape index (κ2) is 13.7. The largest absolute Gasteiger partial charge is 0.489 e. The van der Waals surface area contributed by atoms with Crippen molar-refractivity contribution in [2.45, 2.75) is 50.7 Å². The molecule has 0 spiro atoms. The Labute approximate surface area is 283 Å². The van der Waals surface area contributed by atoms with Crippen LogP contribution in [-0.2, 0) is 22.3 Å². The predicted octanol–water partition coefficient (Wildman–Crippen LogP) is 8.68. The minimum atomic E-state index is -0.202. The zero-order valence-electron chi connectivity index (χ0n) is 28.4. The van der Waals surface area contributed by atoms with Crippen LogP contribution in [0.1, 0.15) is 70.2 Å². The fourth-order valence-corrected chi connectivity index (χ4v) is 7.42. The van der Waals surface area contributed by atoms with Gasteiger partial charge in [-0.05, 0) is 112 Å². The Bertz CT molecular complexity index is 1760. The van der Waals surface area contributed by atoms with Gasteiger partial charge in [0.25, 0.3) is 0 Å². The van der Waals surface area contributed by atoms with Crippen molar-refractivity contribution < 1.29 is 18.3 Å². The molecule has 2 aliphatic heterocycles. The van der Waals surface area contributed by atoms with E-state index in [4.69, 9.17) is 9.47 Å². The van der Waals surface area contributed by atoms with Crippen molar-refractivity contribution in [1.29, 1.82) is 0 Å². The average molecular weight is 647 g/mol. The van der Waals surface area contributed by atoms with Crippen molar-refractivity contribution in [3.63, 3.8) is 0 Å². The summed E-state index contributed by atoms with van der Waals surface area (Å²) >= 11 is 0. The van der Waals surface area contributed by atoms with Gasteiger partial charge in [0.15, 0.2) is 0 Å². The molecule has 0 radical (unpaired) electrons. The van der Waals surface area contributed by atoms with E-state index in [0.29, 0.717) is 0 Å². The van der Waals surface area contributed by atoms with Crippen molar-refractivity contribution in [3.8, 4) is 0 Å². The van der Waals surface area contributed by atoms with Gasteiger partial charge in [0.1, 0.15) is 35.4 Å². The summed E-state index contributed by atoms with van der Waals surface area (Å²) in [6, 6.07) is 27.1. The van der Waals surface area contributed by atoms with Crippen LogP contribution >= 0.6 is 0 Å². The lowest BCUT2D eigenvalue weighted by molar-refractivity contribution is 0.167. The number of halogens is 2. The van der Waals surface area contributed by atoms with Crippen LogP contribution in [0, 0.1) is 11.6 Å². The number of fused-ring (bicyclic) bond motifs is 8. The molecule has 4 aromatic rings. The number of rotatable bonds is 6. The van der Waals surface area contributed by atoms with E-state index < -0.39 is 0 Å². The first kappa shape index (κ1) is 32.3. The third-order valence-electron chi connectivity index (χ3n) is 9.86. The maximum Gasteiger partial charge on any atom is 0.131 e. The molecule has 2 atom stereocenters. The highest BCUT2D eigenvalue weighted by Crippen LogP contribution is 2.46. The lowest BCUT2D eigenvalue weighted by Crippen LogP contribution is -2.19. The van der Waals surface area contributed by atoms with Gasteiger partial charge in [-0.3, -0.25) is 0 Å². The van der Waals surface area contributed by atoms with Gasteiger partial charge < -0.3 is 19.3 Å². The monoisotopic (exact) mass is 646 g/mol. The summed E-state index contributed by atoms with van der Waals surface area (Å²) in [6.07, 6.45) is 5.74. The first-order valence-corrected chi connectivity index (χ1v) is 17.1. The Morgan fingerprint density at radius 1 is 0.542 bits per heavy atom. The molecule has 0 fully saturated rings. The molecule has 4 nitrogen and oxygen atoms in total.